The minimum atomic E-state index is -0.162. The lowest BCUT2D eigenvalue weighted by molar-refractivity contribution is 0.0944. The highest BCUT2D eigenvalue weighted by Gasteiger charge is 2.19. The van der Waals surface area contributed by atoms with Crippen LogP contribution in [0.5, 0.6) is 0 Å². The van der Waals surface area contributed by atoms with Crippen molar-refractivity contribution in [1.82, 2.24) is 14.7 Å². The van der Waals surface area contributed by atoms with Gasteiger partial charge in [-0.2, -0.15) is 4.37 Å². The lowest BCUT2D eigenvalue weighted by atomic mass is 10.1. The number of hydrogen-bond acceptors (Lipinski definition) is 5. The van der Waals surface area contributed by atoms with Gasteiger partial charge in [0.1, 0.15) is 10.6 Å². The molecule has 0 bridgehead atoms. The molecule has 6 heteroatoms. The van der Waals surface area contributed by atoms with Gasteiger partial charge < -0.3 is 11.1 Å². The van der Waals surface area contributed by atoms with Gasteiger partial charge in [0, 0.05) is 24.0 Å². The second-order valence-corrected chi connectivity index (χ2v) is 5.07. The van der Waals surface area contributed by atoms with Crippen LogP contribution in [0.3, 0.4) is 0 Å². The molecule has 19 heavy (non-hydrogen) atoms. The smallest absolute Gasteiger partial charge is 0.265 e. The fourth-order valence-corrected chi connectivity index (χ4v) is 2.29. The van der Waals surface area contributed by atoms with E-state index in [1.807, 2.05) is 26.0 Å². The Kier molecular flexibility index (Phi) is 4.11. The zero-order valence-corrected chi connectivity index (χ0v) is 11.7. The van der Waals surface area contributed by atoms with Gasteiger partial charge in [-0.15, -0.1) is 0 Å². The van der Waals surface area contributed by atoms with Crippen LogP contribution < -0.4 is 11.1 Å². The molecule has 1 atom stereocenters. The summed E-state index contributed by atoms with van der Waals surface area (Å²) in [5.74, 6) is -0.162. The predicted molar refractivity (Wildman–Crippen MR) is 77.0 cm³/mol. The van der Waals surface area contributed by atoms with E-state index in [1.54, 1.807) is 12.4 Å². The van der Waals surface area contributed by atoms with Crippen molar-refractivity contribution in [1.29, 1.82) is 0 Å². The number of carbonyl (C=O) groups is 1. The Hall–Kier alpha value is -1.95. The van der Waals surface area contributed by atoms with Crippen LogP contribution in [-0.4, -0.2) is 21.3 Å². The van der Waals surface area contributed by atoms with Crippen molar-refractivity contribution in [3.63, 3.8) is 0 Å². The number of rotatable bonds is 4. The molecule has 0 aliphatic heterocycles. The van der Waals surface area contributed by atoms with Gasteiger partial charge in [0.2, 0.25) is 0 Å². The number of aromatic nitrogens is 2. The zero-order chi connectivity index (χ0) is 13.8. The highest BCUT2D eigenvalue weighted by Crippen LogP contribution is 2.30. The summed E-state index contributed by atoms with van der Waals surface area (Å²) in [6, 6.07) is 3.77. The van der Waals surface area contributed by atoms with E-state index in [0.717, 1.165) is 23.5 Å². The maximum absolute atomic E-state index is 12.0. The third-order valence-electron chi connectivity index (χ3n) is 2.88. The van der Waals surface area contributed by atoms with E-state index in [2.05, 4.69) is 14.7 Å². The number of nitrogens with zero attached hydrogens (tertiary/aromatic N) is 2. The van der Waals surface area contributed by atoms with Gasteiger partial charge in [0.15, 0.2) is 0 Å². The summed E-state index contributed by atoms with van der Waals surface area (Å²) in [5, 5.41) is 2.89. The first-order valence-electron chi connectivity index (χ1n) is 6.09. The van der Waals surface area contributed by atoms with Crippen molar-refractivity contribution < 1.29 is 4.79 Å². The van der Waals surface area contributed by atoms with Gasteiger partial charge >= 0.3 is 0 Å². The first kappa shape index (κ1) is 13.5. The molecule has 2 aromatic rings. The fraction of sp³-hybridized carbons (Fsp3) is 0.308. The van der Waals surface area contributed by atoms with E-state index in [1.165, 1.54) is 0 Å². The highest BCUT2D eigenvalue weighted by molar-refractivity contribution is 7.09. The molecule has 2 aromatic heterocycles. The predicted octanol–water partition coefficient (Wildman–Crippen LogP) is 2.32. The first-order chi connectivity index (χ1) is 9.13. The number of nitrogen functional groups attached to an aromatic ring is 1. The van der Waals surface area contributed by atoms with E-state index < -0.39 is 0 Å². The van der Waals surface area contributed by atoms with Gasteiger partial charge in [-0.05, 0) is 37.0 Å². The molecule has 0 fully saturated rings. The number of nitrogens with one attached hydrogen (secondary N) is 1. The molecule has 0 aliphatic carbocycles. The van der Waals surface area contributed by atoms with Crippen LogP contribution in [0.1, 0.15) is 29.9 Å². The maximum Gasteiger partial charge on any atom is 0.265 e. The Labute approximate surface area is 116 Å². The standard InChI is InChI=1S/C13H16N4OS/c1-3-8(2)16-13(18)12-10(14)11(17-19-12)9-4-6-15-7-5-9/h4-8H,3,14H2,1-2H3,(H,16,18)/t8-/m0/s1. The summed E-state index contributed by atoms with van der Waals surface area (Å²) in [6.07, 6.45) is 4.22. The molecule has 0 radical (unpaired) electrons. The van der Waals surface area contributed by atoms with Crippen LogP contribution in [0.2, 0.25) is 0 Å². The Morgan fingerprint density at radius 2 is 2.16 bits per heavy atom. The van der Waals surface area contributed by atoms with Crippen molar-refractivity contribution in [3.05, 3.63) is 29.4 Å². The largest absolute Gasteiger partial charge is 0.396 e. The molecule has 0 saturated heterocycles. The average Bonchev–Trinajstić information content (AvgIpc) is 2.81. The zero-order valence-electron chi connectivity index (χ0n) is 10.9. The molecule has 0 spiro atoms. The second-order valence-electron chi connectivity index (χ2n) is 4.29. The Balaban J connectivity index is 2.26. The van der Waals surface area contributed by atoms with Crippen molar-refractivity contribution in [3.8, 4) is 11.3 Å². The van der Waals surface area contributed by atoms with Crippen LogP contribution in [-0.2, 0) is 0 Å². The van der Waals surface area contributed by atoms with Crippen LogP contribution >= 0.6 is 11.5 Å². The fourth-order valence-electron chi connectivity index (χ4n) is 1.57. The van der Waals surface area contributed by atoms with Crippen LogP contribution in [0.25, 0.3) is 11.3 Å². The van der Waals surface area contributed by atoms with Gasteiger partial charge in [-0.3, -0.25) is 9.78 Å². The van der Waals surface area contributed by atoms with Crippen molar-refractivity contribution in [2.75, 3.05) is 5.73 Å². The van der Waals surface area contributed by atoms with Crippen molar-refractivity contribution in [2.45, 2.75) is 26.3 Å². The minimum absolute atomic E-state index is 0.123. The number of carbonyl (C=O) groups excluding carboxylic acids is 1. The van der Waals surface area contributed by atoms with Gasteiger partial charge in [-0.25, -0.2) is 0 Å². The molecule has 100 valence electrons. The molecular weight excluding hydrogens is 260 g/mol. The van der Waals surface area contributed by atoms with Crippen LogP contribution in [0, 0.1) is 0 Å². The first-order valence-corrected chi connectivity index (χ1v) is 6.87. The molecule has 1 amide bonds. The quantitative estimate of drug-likeness (QED) is 0.898. The molecule has 2 heterocycles. The molecular formula is C13H16N4OS. The summed E-state index contributed by atoms with van der Waals surface area (Å²) in [7, 11) is 0. The van der Waals surface area contributed by atoms with E-state index in [0.29, 0.717) is 16.3 Å². The van der Waals surface area contributed by atoms with E-state index in [-0.39, 0.29) is 11.9 Å². The summed E-state index contributed by atoms with van der Waals surface area (Å²) < 4.78 is 4.27. The molecule has 2 rings (SSSR count). The Morgan fingerprint density at radius 1 is 1.47 bits per heavy atom. The molecule has 0 unspecified atom stereocenters. The summed E-state index contributed by atoms with van der Waals surface area (Å²) >= 11 is 1.12. The average molecular weight is 276 g/mol. The monoisotopic (exact) mass is 276 g/mol. The van der Waals surface area contributed by atoms with E-state index in [9.17, 15) is 4.79 Å². The summed E-state index contributed by atoms with van der Waals surface area (Å²) in [5.41, 5.74) is 7.96. The normalized spacial score (nSPS) is 12.1. The number of hydrogen-bond donors (Lipinski definition) is 2. The number of pyridine rings is 1. The van der Waals surface area contributed by atoms with Gasteiger partial charge in [-0.1, -0.05) is 6.92 Å². The molecule has 0 aliphatic rings. The van der Waals surface area contributed by atoms with Gasteiger partial charge in [0.05, 0.1) is 5.69 Å². The Bertz CT molecular complexity index is 567. The SMILES string of the molecule is CC[C@H](C)NC(=O)c1snc(-c2ccncc2)c1N. The molecule has 5 nitrogen and oxygen atoms in total. The third kappa shape index (κ3) is 2.90. The van der Waals surface area contributed by atoms with Crippen LogP contribution in [0.15, 0.2) is 24.5 Å². The molecule has 3 N–H and O–H groups in total. The van der Waals surface area contributed by atoms with E-state index in [4.69, 9.17) is 5.73 Å². The minimum Gasteiger partial charge on any atom is -0.396 e. The molecule has 0 aromatic carbocycles. The number of nitrogens with two attached hydrogens (primary N) is 1. The van der Waals surface area contributed by atoms with Crippen molar-refractivity contribution in [2.24, 2.45) is 0 Å². The van der Waals surface area contributed by atoms with E-state index >= 15 is 0 Å². The third-order valence-corrected chi connectivity index (χ3v) is 3.74. The lowest BCUT2D eigenvalue weighted by Crippen LogP contribution is -2.31. The lowest BCUT2D eigenvalue weighted by Gasteiger charge is -2.10. The number of anilines is 1. The van der Waals surface area contributed by atoms with Gasteiger partial charge in [0.25, 0.3) is 5.91 Å². The maximum atomic E-state index is 12.0. The highest BCUT2D eigenvalue weighted by atomic mass is 32.1. The molecule has 0 saturated carbocycles. The summed E-state index contributed by atoms with van der Waals surface area (Å²) in [4.78, 5) is 16.5. The Morgan fingerprint density at radius 3 is 2.79 bits per heavy atom. The summed E-state index contributed by atoms with van der Waals surface area (Å²) in [6.45, 7) is 3.97. The van der Waals surface area contributed by atoms with Crippen molar-refractivity contribution >= 4 is 23.1 Å². The number of amides is 1. The topological polar surface area (TPSA) is 80.9 Å². The second kappa shape index (κ2) is 5.79. The van der Waals surface area contributed by atoms with Crippen LogP contribution in [0.4, 0.5) is 5.69 Å².